The normalized spacial score (nSPS) is 11.5. The van der Waals surface area contributed by atoms with Crippen molar-refractivity contribution in [2.75, 3.05) is 4.72 Å². The van der Waals surface area contributed by atoms with Crippen LogP contribution in [0.15, 0.2) is 21.4 Å². The number of sulfonamides is 1. The molecule has 9 heteroatoms. The second kappa shape index (κ2) is 5.60. The molecule has 0 fully saturated rings. The van der Waals surface area contributed by atoms with Crippen molar-refractivity contribution in [3.63, 3.8) is 0 Å². The van der Waals surface area contributed by atoms with Gasteiger partial charge in [0.25, 0.3) is 10.0 Å². The first-order chi connectivity index (χ1) is 9.83. The van der Waals surface area contributed by atoms with Gasteiger partial charge < -0.3 is 9.52 Å². The molecule has 0 unspecified atom stereocenters. The van der Waals surface area contributed by atoms with E-state index in [1.165, 1.54) is 6.92 Å². The number of anilines is 1. The highest BCUT2D eigenvalue weighted by Gasteiger charge is 2.24. The zero-order valence-electron chi connectivity index (χ0n) is 11.5. The first kappa shape index (κ1) is 15.1. The Bertz CT molecular complexity index is 760. The molecule has 0 saturated carbocycles. The molecule has 0 amide bonds. The summed E-state index contributed by atoms with van der Waals surface area (Å²) in [5.74, 6) is -1.61. The quantitative estimate of drug-likeness (QED) is 0.746. The van der Waals surface area contributed by atoms with Gasteiger partial charge in [0.2, 0.25) is 5.76 Å². The predicted octanol–water partition coefficient (Wildman–Crippen LogP) is 1.76. The van der Waals surface area contributed by atoms with E-state index in [-0.39, 0.29) is 16.5 Å². The third-order valence-electron chi connectivity index (χ3n) is 2.76. The van der Waals surface area contributed by atoms with Crippen LogP contribution < -0.4 is 4.72 Å². The summed E-state index contributed by atoms with van der Waals surface area (Å²) < 4.78 is 31.6. The lowest BCUT2D eigenvalue weighted by Gasteiger charge is -2.02. The van der Waals surface area contributed by atoms with E-state index in [9.17, 15) is 13.2 Å². The van der Waals surface area contributed by atoms with Crippen molar-refractivity contribution in [1.29, 1.82) is 0 Å². The van der Waals surface area contributed by atoms with E-state index in [2.05, 4.69) is 14.9 Å². The molecule has 8 nitrogen and oxygen atoms in total. The number of carbonyl (C=O) groups is 1. The predicted molar refractivity (Wildman–Crippen MR) is 73.8 cm³/mol. The lowest BCUT2D eigenvalue weighted by Crippen LogP contribution is -2.13. The summed E-state index contributed by atoms with van der Waals surface area (Å²) in [6.45, 7) is 3.38. The zero-order valence-corrected chi connectivity index (χ0v) is 12.3. The largest absolute Gasteiger partial charge is 0.475 e. The van der Waals surface area contributed by atoms with Crippen molar-refractivity contribution >= 4 is 21.8 Å². The van der Waals surface area contributed by atoms with Gasteiger partial charge in [-0.1, -0.05) is 13.3 Å². The van der Waals surface area contributed by atoms with Crippen molar-refractivity contribution in [1.82, 2.24) is 10.2 Å². The number of hydrogen-bond donors (Lipinski definition) is 3. The van der Waals surface area contributed by atoms with Gasteiger partial charge in [-0.05, 0) is 13.3 Å². The average Bonchev–Trinajstić information content (AvgIpc) is 2.96. The monoisotopic (exact) mass is 313 g/mol. The van der Waals surface area contributed by atoms with Crippen LogP contribution >= 0.6 is 0 Å². The lowest BCUT2D eigenvalue weighted by atomic mass is 10.2. The Morgan fingerprint density at radius 1 is 1.48 bits per heavy atom. The Balaban J connectivity index is 2.27. The highest BCUT2D eigenvalue weighted by atomic mass is 32.2. The molecule has 0 radical (unpaired) electrons. The Hall–Kier alpha value is -2.29. The number of rotatable bonds is 6. The molecule has 0 bridgehead atoms. The smallest absolute Gasteiger partial charge is 0.371 e. The van der Waals surface area contributed by atoms with E-state index >= 15 is 0 Å². The van der Waals surface area contributed by atoms with E-state index in [0.29, 0.717) is 0 Å². The van der Waals surface area contributed by atoms with Crippen LogP contribution in [-0.4, -0.2) is 29.7 Å². The van der Waals surface area contributed by atoms with Gasteiger partial charge in [0, 0.05) is 17.8 Å². The van der Waals surface area contributed by atoms with Crippen molar-refractivity contribution in [3.05, 3.63) is 29.3 Å². The number of carboxylic acids is 1. The highest BCUT2D eigenvalue weighted by molar-refractivity contribution is 7.92. The number of hydrogen-bond acceptors (Lipinski definition) is 5. The summed E-state index contributed by atoms with van der Waals surface area (Å²) in [6, 6.07) is 2.56. The molecule has 114 valence electrons. The number of aromatic nitrogens is 2. The van der Waals surface area contributed by atoms with Gasteiger partial charge in [-0.3, -0.25) is 9.82 Å². The topological polar surface area (TPSA) is 125 Å². The lowest BCUT2D eigenvalue weighted by molar-refractivity contribution is 0.0661. The number of H-pyrrole nitrogens is 1. The van der Waals surface area contributed by atoms with Crippen molar-refractivity contribution in [2.24, 2.45) is 0 Å². The van der Waals surface area contributed by atoms with Gasteiger partial charge in [0.15, 0.2) is 5.82 Å². The minimum absolute atomic E-state index is 0.00390. The van der Waals surface area contributed by atoms with Gasteiger partial charge >= 0.3 is 5.97 Å². The zero-order chi connectivity index (χ0) is 15.6. The van der Waals surface area contributed by atoms with Crippen LogP contribution in [0.3, 0.4) is 0 Å². The molecular weight excluding hydrogens is 298 g/mol. The Labute approximate surface area is 121 Å². The third-order valence-corrected chi connectivity index (χ3v) is 4.22. The molecule has 2 rings (SSSR count). The van der Waals surface area contributed by atoms with Gasteiger partial charge in [-0.25, -0.2) is 13.2 Å². The van der Waals surface area contributed by atoms with E-state index in [0.717, 1.165) is 24.6 Å². The fourth-order valence-corrected chi connectivity index (χ4v) is 3.01. The third kappa shape index (κ3) is 3.24. The first-order valence-corrected chi connectivity index (χ1v) is 7.72. The van der Waals surface area contributed by atoms with Crippen LogP contribution in [0, 0.1) is 6.92 Å². The Kier molecular flexibility index (Phi) is 4.03. The summed E-state index contributed by atoms with van der Waals surface area (Å²) in [5.41, 5.74) is 0.811. The maximum absolute atomic E-state index is 12.2. The maximum Gasteiger partial charge on any atom is 0.371 e. The number of nitrogens with one attached hydrogen (secondary N) is 2. The Morgan fingerprint density at radius 3 is 2.76 bits per heavy atom. The van der Waals surface area contributed by atoms with Crippen molar-refractivity contribution < 1.29 is 22.7 Å². The van der Waals surface area contributed by atoms with Crippen molar-refractivity contribution in [3.8, 4) is 0 Å². The summed E-state index contributed by atoms with van der Waals surface area (Å²) in [4.78, 5) is 10.6. The van der Waals surface area contributed by atoms with E-state index in [1.54, 1.807) is 6.07 Å². The number of aromatic amines is 1. The molecule has 0 saturated heterocycles. The van der Waals surface area contributed by atoms with E-state index < -0.39 is 21.8 Å². The van der Waals surface area contributed by atoms with Crippen LogP contribution in [-0.2, 0) is 16.4 Å². The van der Waals surface area contributed by atoms with Crippen LogP contribution in [0.5, 0.6) is 0 Å². The minimum Gasteiger partial charge on any atom is -0.475 e. The van der Waals surface area contributed by atoms with Crippen LogP contribution in [0.4, 0.5) is 5.82 Å². The minimum atomic E-state index is -3.95. The molecule has 0 spiro atoms. The second-order valence-corrected chi connectivity index (χ2v) is 6.12. The fraction of sp³-hybridized carbons (Fsp3) is 0.333. The van der Waals surface area contributed by atoms with Crippen LogP contribution in [0.2, 0.25) is 0 Å². The highest BCUT2D eigenvalue weighted by Crippen LogP contribution is 2.22. The summed E-state index contributed by atoms with van der Waals surface area (Å²) >= 11 is 0. The standard InChI is InChI=1S/C12H15N3O5S/c1-3-4-8-5-11(14-13-8)15-21(18,19)10-6-9(12(16)17)20-7(10)2/h5-6H,3-4H2,1-2H3,(H,16,17)(H2,13,14,15). The fourth-order valence-electron chi connectivity index (χ4n) is 1.84. The number of aryl methyl sites for hydroxylation is 2. The molecule has 0 aromatic carbocycles. The van der Waals surface area contributed by atoms with Crippen molar-refractivity contribution in [2.45, 2.75) is 31.6 Å². The molecule has 2 aromatic rings. The molecule has 3 N–H and O–H groups in total. The van der Waals surface area contributed by atoms with Crippen LogP contribution in [0.25, 0.3) is 0 Å². The molecule has 0 aliphatic carbocycles. The summed E-state index contributed by atoms with van der Waals surface area (Å²) in [5, 5.41) is 15.4. The molecule has 21 heavy (non-hydrogen) atoms. The number of carboxylic acid groups (broad SMARTS) is 1. The molecule has 2 heterocycles. The summed E-state index contributed by atoms with van der Waals surface area (Å²) in [7, 11) is -3.95. The molecular formula is C12H15N3O5S. The van der Waals surface area contributed by atoms with Gasteiger partial charge in [0.1, 0.15) is 10.7 Å². The molecule has 0 atom stereocenters. The average molecular weight is 313 g/mol. The van der Waals surface area contributed by atoms with E-state index in [1.807, 2.05) is 6.92 Å². The number of nitrogens with zero attached hydrogens (tertiary/aromatic N) is 1. The Morgan fingerprint density at radius 2 is 2.19 bits per heavy atom. The molecule has 2 aromatic heterocycles. The molecule has 0 aliphatic rings. The van der Waals surface area contributed by atoms with E-state index in [4.69, 9.17) is 9.52 Å². The van der Waals surface area contributed by atoms with Gasteiger partial charge in [-0.2, -0.15) is 5.10 Å². The maximum atomic E-state index is 12.2. The SMILES string of the molecule is CCCc1cc(NS(=O)(=O)c2cc(C(=O)O)oc2C)n[nH]1. The molecule has 0 aliphatic heterocycles. The number of furan rings is 1. The van der Waals surface area contributed by atoms with Crippen LogP contribution in [0.1, 0.15) is 35.4 Å². The van der Waals surface area contributed by atoms with Gasteiger partial charge in [-0.15, -0.1) is 0 Å². The number of aromatic carboxylic acids is 1. The van der Waals surface area contributed by atoms with Gasteiger partial charge in [0.05, 0.1) is 0 Å². The first-order valence-electron chi connectivity index (χ1n) is 6.24. The second-order valence-electron chi connectivity index (χ2n) is 4.47. The summed E-state index contributed by atoms with van der Waals surface area (Å²) in [6.07, 6.45) is 1.65.